The Balaban J connectivity index is 1.32. The second-order valence-electron chi connectivity index (χ2n) is 11.3. The number of amides is 2. The SMILES string of the molecule is C/N=C/c1cccc(C(O)(C(=O)N2CCC(CC3CCN(c4ccc(C(=O)N(C)C)c(Cl)n4)CC3)CC2)C(F)(F)F)c1. The first-order valence-electron chi connectivity index (χ1n) is 14.1. The molecule has 2 fully saturated rings. The molecule has 12 heteroatoms. The molecular weight excluding hydrogens is 571 g/mol. The summed E-state index contributed by atoms with van der Waals surface area (Å²) >= 11 is 6.29. The Morgan fingerprint density at radius 2 is 1.69 bits per heavy atom. The van der Waals surface area contributed by atoms with Crippen LogP contribution in [-0.2, 0) is 10.4 Å². The highest BCUT2D eigenvalue weighted by molar-refractivity contribution is 6.32. The minimum Gasteiger partial charge on any atom is -0.369 e. The molecule has 0 radical (unpaired) electrons. The smallest absolute Gasteiger partial charge is 0.369 e. The van der Waals surface area contributed by atoms with E-state index in [9.17, 15) is 27.9 Å². The zero-order valence-electron chi connectivity index (χ0n) is 24.1. The third kappa shape index (κ3) is 6.72. The zero-order valence-corrected chi connectivity index (χ0v) is 24.8. The van der Waals surface area contributed by atoms with E-state index in [0.717, 1.165) is 55.2 Å². The minimum absolute atomic E-state index is 0.164. The highest BCUT2D eigenvalue weighted by Gasteiger charge is 2.62. The van der Waals surface area contributed by atoms with Gasteiger partial charge in [-0.25, -0.2) is 4.98 Å². The molecule has 1 aromatic carbocycles. The lowest BCUT2D eigenvalue weighted by atomic mass is 9.82. The summed E-state index contributed by atoms with van der Waals surface area (Å²) in [5.41, 5.74) is -3.41. The fraction of sp³-hybridized carbons (Fsp3) is 0.533. The number of aliphatic hydroxyl groups is 1. The first-order valence-corrected chi connectivity index (χ1v) is 14.5. The first kappa shape index (κ1) is 31.7. The number of hydrogen-bond donors (Lipinski definition) is 1. The van der Waals surface area contributed by atoms with Crippen LogP contribution in [0, 0.1) is 11.8 Å². The topological polar surface area (TPSA) is 89.3 Å². The molecule has 8 nitrogen and oxygen atoms in total. The number of pyridine rings is 1. The number of aromatic nitrogens is 1. The summed E-state index contributed by atoms with van der Waals surface area (Å²) in [6, 6.07) is 8.72. The fourth-order valence-electron chi connectivity index (χ4n) is 5.87. The summed E-state index contributed by atoms with van der Waals surface area (Å²) in [6.07, 6.45) is 0.156. The standard InChI is InChI=1S/C30H37ClF3N5O3/c1-35-19-22-5-4-6-23(18-22)29(42,30(32,33)34)28(41)39-15-11-21(12-16-39)17-20-9-13-38(14-10-20)25-8-7-24(26(31)36-25)27(40)37(2)3/h4-8,18-21,42H,9-17H2,1-3H3/b35-19+. The van der Waals surface area contributed by atoms with Crippen LogP contribution in [0.2, 0.25) is 5.15 Å². The Morgan fingerprint density at radius 1 is 1.07 bits per heavy atom. The lowest BCUT2D eigenvalue weighted by Crippen LogP contribution is -2.57. The number of anilines is 1. The van der Waals surface area contributed by atoms with E-state index in [0.29, 0.717) is 29.9 Å². The Morgan fingerprint density at radius 3 is 2.24 bits per heavy atom. The summed E-state index contributed by atoms with van der Waals surface area (Å²) in [4.78, 5) is 38.4. The van der Waals surface area contributed by atoms with Crippen LogP contribution in [-0.4, -0.2) is 91.4 Å². The second-order valence-corrected chi connectivity index (χ2v) is 11.7. The first-order chi connectivity index (χ1) is 19.8. The van der Waals surface area contributed by atoms with Crippen LogP contribution in [0.1, 0.15) is 53.6 Å². The molecule has 1 N–H and O–H groups in total. The van der Waals surface area contributed by atoms with Gasteiger partial charge in [-0.3, -0.25) is 14.6 Å². The normalized spacial score (nSPS) is 18.8. The average molecular weight is 608 g/mol. The number of hydrogen-bond acceptors (Lipinski definition) is 6. The second kappa shape index (κ2) is 13.0. The van der Waals surface area contributed by atoms with Crippen molar-refractivity contribution in [3.63, 3.8) is 0 Å². The Kier molecular flexibility index (Phi) is 9.82. The van der Waals surface area contributed by atoms with Crippen molar-refractivity contribution in [2.45, 2.75) is 43.9 Å². The summed E-state index contributed by atoms with van der Waals surface area (Å²) in [5, 5.41) is 11.0. The van der Waals surface area contributed by atoms with Crippen molar-refractivity contribution < 1.29 is 27.9 Å². The predicted octanol–water partition coefficient (Wildman–Crippen LogP) is 4.78. The molecule has 228 valence electrons. The molecule has 2 aliphatic rings. The third-order valence-electron chi connectivity index (χ3n) is 8.28. The molecule has 4 rings (SSSR count). The number of benzene rings is 1. The molecule has 1 atom stereocenters. The lowest BCUT2D eigenvalue weighted by Gasteiger charge is -2.40. The number of halogens is 4. The number of carbonyl (C=O) groups excluding carboxylic acids is 2. The van der Waals surface area contributed by atoms with Gasteiger partial charge in [-0.05, 0) is 67.7 Å². The molecule has 2 saturated heterocycles. The Labute approximate surface area is 249 Å². The highest BCUT2D eigenvalue weighted by atomic mass is 35.5. The quantitative estimate of drug-likeness (QED) is 0.362. The van der Waals surface area contributed by atoms with Crippen molar-refractivity contribution in [1.82, 2.24) is 14.8 Å². The van der Waals surface area contributed by atoms with Gasteiger partial charge in [0.15, 0.2) is 0 Å². The fourth-order valence-corrected chi connectivity index (χ4v) is 6.10. The number of carbonyl (C=O) groups is 2. The lowest BCUT2D eigenvalue weighted by molar-refractivity contribution is -0.262. The van der Waals surface area contributed by atoms with E-state index in [2.05, 4.69) is 14.9 Å². The molecular formula is C30H37ClF3N5O3. The molecule has 0 bridgehead atoms. The van der Waals surface area contributed by atoms with Crippen LogP contribution in [0.4, 0.5) is 19.0 Å². The van der Waals surface area contributed by atoms with Crippen molar-refractivity contribution in [3.8, 4) is 0 Å². The van der Waals surface area contributed by atoms with Gasteiger partial charge >= 0.3 is 6.18 Å². The van der Waals surface area contributed by atoms with Crippen LogP contribution in [0.3, 0.4) is 0 Å². The number of rotatable bonds is 7. The molecule has 2 aromatic rings. The number of likely N-dealkylation sites (tertiary alicyclic amines) is 1. The molecule has 0 spiro atoms. The number of aliphatic imine (C=N–C) groups is 1. The Hall–Kier alpha value is -3.18. The third-order valence-corrected chi connectivity index (χ3v) is 8.57. The van der Waals surface area contributed by atoms with Gasteiger partial charge in [0.2, 0.25) is 0 Å². The molecule has 0 saturated carbocycles. The summed E-state index contributed by atoms with van der Waals surface area (Å²) < 4.78 is 42.6. The average Bonchev–Trinajstić information content (AvgIpc) is 2.96. The maximum atomic E-state index is 14.2. The molecule has 2 aliphatic heterocycles. The van der Waals surface area contributed by atoms with Gasteiger partial charge in [-0.1, -0.05) is 29.8 Å². The highest BCUT2D eigenvalue weighted by Crippen LogP contribution is 2.42. The molecule has 1 aromatic heterocycles. The van der Waals surface area contributed by atoms with Crippen molar-refractivity contribution in [1.29, 1.82) is 0 Å². The van der Waals surface area contributed by atoms with E-state index in [-0.39, 0.29) is 30.1 Å². The van der Waals surface area contributed by atoms with Crippen LogP contribution < -0.4 is 4.90 Å². The van der Waals surface area contributed by atoms with Gasteiger partial charge in [0.25, 0.3) is 17.4 Å². The van der Waals surface area contributed by atoms with Crippen molar-refractivity contribution in [2.24, 2.45) is 16.8 Å². The van der Waals surface area contributed by atoms with E-state index in [1.54, 1.807) is 26.2 Å². The maximum Gasteiger partial charge on any atom is 0.430 e. The van der Waals surface area contributed by atoms with Crippen LogP contribution >= 0.6 is 11.6 Å². The van der Waals surface area contributed by atoms with Crippen molar-refractivity contribution in [3.05, 3.63) is 58.2 Å². The van der Waals surface area contributed by atoms with Gasteiger partial charge in [0.1, 0.15) is 11.0 Å². The number of piperidine rings is 2. The summed E-state index contributed by atoms with van der Waals surface area (Å²) in [5.74, 6) is -0.0713. The summed E-state index contributed by atoms with van der Waals surface area (Å²) in [6.45, 7) is 1.90. The van der Waals surface area contributed by atoms with Gasteiger partial charge in [0, 0.05) is 59.1 Å². The van der Waals surface area contributed by atoms with Crippen molar-refractivity contribution >= 4 is 35.4 Å². The van der Waals surface area contributed by atoms with E-state index in [4.69, 9.17) is 11.6 Å². The van der Waals surface area contributed by atoms with Gasteiger partial charge in [-0.2, -0.15) is 13.2 Å². The minimum atomic E-state index is -5.18. The van der Waals surface area contributed by atoms with E-state index in [1.165, 1.54) is 24.2 Å². The summed E-state index contributed by atoms with van der Waals surface area (Å²) in [7, 11) is 4.81. The maximum absolute atomic E-state index is 14.2. The molecule has 1 unspecified atom stereocenters. The van der Waals surface area contributed by atoms with Crippen molar-refractivity contribution in [2.75, 3.05) is 52.2 Å². The van der Waals surface area contributed by atoms with E-state index >= 15 is 0 Å². The van der Waals surface area contributed by atoms with Crippen LogP contribution in [0.15, 0.2) is 41.4 Å². The Bertz CT molecular complexity index is 1310. The van der Waals surface area contributed by atoms with E-state index < -0.39 is 23.2 Å². The monoisotopic (exact) mass is 607 g/mol. The largest absolute Gasteiger partial charge is 0.430 e. The predicted molar refractivity (Wildman–Crippen MR) is 156 cm³/mol. The molecule has 3 heterocycles. The number of alkyl halides is 3. The van der Waals surface area contributed by atoms with Crippen LogP contribution in [0.5, 0.6) is 0 Å². The number of nitrogens with zero attached hydrogens (tertiary/aromatic N) is 5. The van der Waals surface area contributed by atoms with Gasteiger partial charge in [-0.15, -0.1) is 0 Å². The van der Waals surface area contributed by atoms with E-state index in [1.807, 2.05) is 6.07 Å². The molecule has 42 heavy (non-hydrogen) atoms. The van der Waals surface area contributed by atoms with Gasteiger partial charge < -0.3 is 19.8 Å². The molecule has 2 amide bonds. The van der Waals surface area contributed by atoms with Crippen LogP contribution in [0.25, 0.3) is 0 Å². The molecule has 0 aliphatic carbocycles. The van der Waals surface area contributed by atoms with Gasteiger partial charge in [0.05, 0.1) is 5.56 Å². The zero-order chi connectivity index (χ0) is 30.7.